The van der Waals surface area contributed by atoms with Crippen LogP contribution in [0.15, 0.2) is 158 Å². The number of rotatable bonds is 3. The monoisotopic (exact) mass is 659 g/mol. The minimum Gasteiger partial charge on any atom is -0.333 e. The highest BCUT2D eigenvalue weighted by molar-refractivity contribution is 7.25. The van der Waals surface area contributed by atoms with Gasteiger partial charge in [0.05, 0.1) is 6.04 Å². The first kappa shape index (κ1) is 29.5. The van der Waals surface area contributed by atoms with Crippen molar-refractivity contribution in [1.29, 1.82) is 0 Å². The Balaban J connectivity index is 1.13. The van der Waals surface area contributed by atoms with E-state index < -0.39 is 0 Å². The molecule has 1 aliphatic heterocycles. The van der Waals surface area contributed by atoms with E-state index >= 15 is 0 Å². The zero-order valence-electron chi connectivity index (χ0n) is 28.5. The van der Waals surface area contributed by atoms with E-state index in [1.807, 2.05) is 11.3 Å². The predicted molar refractivity (Wildman–Crippen MR) is 217 cm³/mol. The van der Waals surface area contributed by atoms with Crippen LogP contribution in [0.5, 0.6) is 0 Å². The maximum Gasteiger partial charge on any atom is 0.0629 e. The van der Waals surface area contributed by atoms with Crippen molar-refractivity contribution in [2.75, 3.05) is 4.90 Å². The Morgan fingerprint density at radius 3 is 1.76 bits per heavy atom. The van der Waals surface area contributed by atoms with Gasteiger partial charge in [-0.25, -0.2) is 0 Å². The number of hydrogen-bond donors (Lipinski definition) is 0. The molecule has 2 aliphatic rings. The van der Waals surface area contributed by atoms with Crippen LogP contribution in [0.3, 0.4) is 0 Å². The van der Waals surface area contributed by atoms with Crippen LogP contribution in [0.1, 0.15) is 37.8 Å². The van der Waals surface area contributed by atoms with Crippen molar-refractivity contribution in [3.05, 3.63) is 169 Å². The van der Waals surface area contributed by atoms with Crippen molar-refractivity contribution >= 4 is 64.4 Å². The molecule has 1 nitrogen and oxygen atoms in total. The molecule has 0 radical (unpaired) electrons. The van der Waals surface area contributed by atoms with Crippen LogP contribution in [0.4, 0.5) is 11.4 Å². The molecule has 0 fully saturated rings. The molecule has 0 amide bonds. The van der Waals surface area contributed by atoms with Gasteiger partial charge in [-0.1, -0.05) is 154 Å². The summed E-state index contributed by atoms with van der Waals surface area (Å²) < 4.78 is 2.65. The van der Waals surface area contributed by atoms with E-state index in [4.69, 9.17) is 0 Å². The fraction of sp³-hybridized carbons (Fsp3) is 0.125. The molecule has 0 saturated heterocycles. The predicted octanol–water partition coefficient (Wildman–Crippen LogP) is 13.7. The van der Waals surface area contributed by atoms with Gasteiger partial charge in [0.15, 0.2) is 0 Å². The molecular weight excluding hydrogens is 623 g/mol. The van der Waals surface area contributed by atoms with E-state index in [0.29, 0.717) is 12.0 Å². The number of nitrogens with zero attached hydrogens (tertiary/aromatic N) is 1. The third-order valence-electron chi connectivity index (χ3n) is 11.0. The normalized spacial score (nSPS) is 16.9. The second kappa shape index (κ2) is 11.0. The maximum atomic E-state index is 2.53. The number of anilines is 2. The number of para-hydroxylation sites is 1. The van der Waals surface area contributed by atoms with Gasteiger partial charge in [-0.3, -0.25) is 0 Å². The summed E-state index contributed by atoms with van der Waals surface area (Å²) in [6.45, 7) is 6.84. The average molecular weight is 660 g/mol. The van der Waals surface area contributed by atoms with Crippen molar-refractivity contribution in [3.63, 3.8) is 0 Å². The Labute approximate surface area is 297 Å². The molecule has 2 heteroatoms. The van der Waals surface area contributed by atoms with E-state index in [-0.39, 0.29) is 5.41 Å². The van der Waals surface area contributed by atoms with E-state index in [1.165, 1.54) is 86.5 Å². The molecule has 10 rings (SSSR count). The minimum absolute atomic E-state index is 0.117. The number of benzene rings is 7. The highest BCUT2D eigenvalue weighted by Crippen LogP contribution is 2.50. The first-order chi connectivity index (χ1) is 24.4. The standard InChI is InChI=1S/C48H37NS/c1-48(2,3)32-23-20-30(21-24-32)46-38-14-4-6-16-40(38)47(41-17-7-5-15-39(41)46)31-22-26-36-37-27-25-33(29-45(37)50-44(36)28-31)49-42-18-10-8-12-34(42)35-13-9-11-19-43(35)49/h4-29,34,42H,1-3H3. The van der Waals surface area contributed by atoms with Gasteiger partial charge in [0, 0.05) is 37.5 Å². The Hall–Kier alpha value is -5.44. The average Bonchev–Trinajstić information content (AvgIpc) is 3.68. The second-order valence-corrected chi connectivity index (χ2v) is 16.0. The van der Waals surface area contributed by atoms with Gasteiger partial charge in [-0.15, -0.1) is 11.3 Å². The topological polar surface area (TPSA) is 3.24 Å². The molecule has 0 spiro atoms. The Morgan fingerprint density at radius 2 is 1.08 bits per heavy atom. The molecule has 240 valence electrons. The minimum atomic E-state index is 0.117. The molecule has 2 unspecified atom stereocenters. The number of fused-ring (bicyclic) bond motifs is 8. The van der Waals surface area contributed by atoms with Gasteiger partial charge in [-0.05, 0) is 84.6 Å². The molecule has 0 saturated carbocycles. The Bertz CT molecular complexity index is 2640. The maximum absolute atomic E-state index is 2.53. The van der Waals surface area contributed by atoms with Crippen LogP contribution in [0.2, 0.25) is 0 Å². The summed E-state index contributed by atoms with van der Waals surface area (Å²) in [6.07, 6.45) is 9.10. The number of hydrogen-bond acceptors (Lipinski definition) is 2. The van der Waals surface area contributed by atoms with E-state index in [0.717, 1.165) is 0 Å². The van der Waals surface area contributed by atoms with Crippen molar-refractivity contribution in [3.8, 4) is 22.3 Å². The zero-order valence-corrected chi connectivity index (χ0v) is 29.3. The van der Waals surface area contributed by atoms with Crippen molar-refractivity contribution in [2.45, 2.75) is 38.1 Å². The fourth-order valence-electron chi connectivity index (χ4n) is 8.55. The molecule has 7 aromatic carbocycles. The SMILES string of the molecule is CC(C)(C)c1ccc(-c2c3ccccc3c(-c3ccc4c(c3)sc3cc(N5c6ccccc6C6C=CC=CC65)ccc34)c3ccccc23)cc1. The van der Waals surface area contributed by atoms with Crippen LogP contribution in [0.25, 0.3) is 64.0 Å². The van der Waals surface area contributed by atoms with E-state index in [9.17, 15) is 0 Å². The molecule has 1 aliphatic carbocycles. The Kier molecular flexibility index (Phi) is 6.50. The van der Waals surface area contributed by atoms with Crippen molar-refractivity contribution in [2.24, 2.45) is 0 Å². The first-order valence-electron chi connectivity index (χ1n) is 17.7. The van der Waals surface area contributed by atoms with E-state index in [1.54, 1.807) is 0 Å². The molecule has 1 aromatic heterocycles. The fourth-order valence-corrected chi connectivity index (χ4v) is 9.73. The van der Waals surface area contributed by atoms with E-state index in [2.05, 4.69) is 183 Å². The molecule has 50 heavy (non-hydrogen) atoms. The third kappa shape index (κ3) is 4.45. The lowest BCUT2D eigenvalue weighted by Gasteiger charge is -2.28. The summed E-state index contributed by atoms with van der Waals surface area (Å²) in [4.78, 5) is 2.53. The molecule has 0 bridgehead atoms. The lowest BCUT2D eigenvalue weighted by molar-refractivity contribution is 0.590. The summed E-state index contributed by atoms with van der Waals surface area (Å²) in [5.74, 6) is 0.385. The summed E-state index contributed by atoms with van der Waals surface area (Å²) in [5, 5.41) is 7.82. The van der Waals surface area contributed by atoms with Gasteiger partial charge in [-0.2, -0.15) is 0 Å². The summed E-state index contributed by atoms with van der Waals surface area (Å²) in [7, 11) is 0. The van der Waals surface area contributed by atoms with Crippen molar-refractivity contribution < 1.29 is 0 Å². The lowest BCUT2D eigenvalue weighted by Crippen LogP contribution is -2.28. The van der Waals surface area contributed by atoms with Gasteiger partial charge in [0.25, 0.3) is 0 Å². The molecular formula is C48H37NS. The zero-order chi connectivity index (χ0) is 33.6. The first-order valence-corrected chi connectivity index (χ1v) is 18.5. The van der Waals surface area contributed by atoms with Crippen LogP contribution < -0.4 is 4.90 Å². The molecule has 0 N–H and O–H groups in total. The number of allylic oxidation sites excluding steroid dienone is 2. The quantitative estimate of drug-likeness (QED) is 0.171. The van der Waals surface area contributed by atoms with Crippen LogP contribution in [-0.4, -0.2) is 6.04 Å². The highest BCUT2D eigenvalue weighted by Gasteiger charge is 2.37. The summed E-state index contributed by atoms with van der Waals surface area (Å²) >= 11 is 1.91. The largest absolute Gasteiger partial charge is 0.333 e. The van der Waals surface area contributed by atoms with Crippen LogP contribution in [0, 0.1) is 0 Å². The Morgan fingerprint density at radius 1 is 0.520 bits per heavy atom. The van der Waals surface area contributed by atoms with Gasteiger partial charge >= 0.3 is 0 Å². The van der Waals surface area contributed by atoms with Gasteiger partial charge in [0.1, 0.15) is 0 Å². The summed E-state index contributed by atoms with van der Waals surface area (Å²) in [5.41, 5.74) is 10.6. The number of thiophene rings is 1. The van der Waals surface area contributed by atoms with Crippen LogP contribution in [-0.2, 0) is 5.41 Å². The second-order valence-electron chi connectivity index (χ2n) is 14.9. The third-order valence-corrected chi connectivity index (χ3v) is 12.1. The van der Waals surface area contributed by atoms with Gasteiger partial charge in [0.2, 0.25) is 0 Å². The lowest BCUT2D eigenvalue weighted by atomic mass is 9.83. The van der Waals surface area contributed by atoms with Crippen molar-refractivity contribution in [1.82, 2.24) is 0 Å². The highest BCUT2D eigenvalue weighted by atomic mass is 32.1. The molecule has 8 aromatic rings. The molecule has 2 atom stereocenters. The van der Waals surface area contributed by atoms with Crippen LogP contribution >= 0.6 is 11.3 Å². The smallest absolute Gasteiger partial charge is 0.0629 e. The van der Waals surface area contributed by atoms with Gasteiger partial charge < -0.3 is 4.90 Å². The summed E-state index contributed by atoms with van der Waals surface area (Å²) in [6, 6.07) is 50.6. The molecule has 2 heterocycles.